The van der Waals surface area contributed by atoms with Crippen LogP contribution in [0, 0.1) is 0 Å². The molecule has 1 aromatic rings. The molecular weight excluding hydrogens is 300 g/mol. The molecule has 3 rings (SSSR count). The topological polar surface area (TPSA) is 92.8 Å². The van der Waals surface area contributed by atoms with Gasteiger partial charge in [-0.2, -0.15) is 0 Å². The van der Waals surface area contributed by atoms with Gasteiger partial charge in [-0.1, -0.05) is 12.6 Å². The van der Waals surface area contributed by atoms with Crippen LogP contribution < -0.4 is 10.1 Å². The highest BCUT2D eigenvalue weighted by Gasteiger charge is 2.40. The Morgan fingerprint density at radius 3 is 2.83 bits per heavy atom. The van der Waals surface area contributed by atoms with E-state index < -0.39 is 17.9 Å². The third kappa shape index (κ3) is 2.61. The Kier molecular flexibility index (Phi) is 3.69. The summed E-state index contributed by atoms with van der Waals surface area (Å²) in [7, 11) is 0. The van der Waals surface area contributed by atoms with Crippen LogP contribution in [0.3, 0.4) is 0 Å². The second-order valence-electron chi connectivity index (χ2n) is 5.31. The zero-order valence-corrected chi connectivity index (χ0v) is 12.2. The number of imide groups is 1. The third-order valence-corrected chi connectivity index (χ3v) is 3.92. The molecule has 1 unspecified atom stereocenters. The van der Waals surface area contributed by atoms with E-state index in [1.165, 1.54) is 4.90 Å². The molecular formula is C16H14N2O5. The van der Waals surface area contributed by atoms with Gasteiger partial charge in [0, 0.05) is 23.6 Å². The molecule has 0 bridgehead atoms. The van der Waals surface area contributed by atoms with Gasteiger partial charge >= 0.3 is 5.97 Å². The minimum absolute atomic E-state index is 0.154. The van der Waals surface area contributed by atoms with E-state index in [-0.39, 0.29) is 37.0 Å². The summed E-state index contributed by atoms with van der Waals surface area (Å²) in [4.78, 5) is 48.5. The normalized spacial score (nSPS) is 20.1. The number of piperidine rings is 1. The molecule has 2 aliphatic rings. The van der Waals surface area contributed by atoms with Crippen molar-refractivity contribution < 1.29 is 23.9 Å². The quantitative estimate of drug-likeness (QED) is 0.380. The highest BCUT2D eigenvalue weighted by Crippen LogP contribution is 2.33. The van der Waals surface area contributed by atoms with Crippen molar-refractivity contribution in [2.24, 2.45) is 0 Å². The van der Waals surface area contributed by atoms with Crippen molar-refractivity contribution in [2.45, 2.75) is 25.4 Å². The van der Waals surface area contributed by atoms with E-state index in [1.807, 2.05) is 0 Å². The summed E-state index contributed by atoms with van der Waals surface area (Å²) in [5, 5.41) is 2.24. The van der Waals surface area contributed by atoms with Crippen molar-refractivity contribution in [1.82, 2.24) is 10.2 Å². The summed E-state index contributed by atoms with van der Waals surface area (Å²) in [6.07, 6.45) is 1.51. The van der Waals surface area contributed by atoms with Gasteiger partial charge in [0.1, 0.15) is 11.8 Å². The molecule has 0 saturated carbocycles. The number of esters is 1. The minimum atomic E-state index is -0.699. The van der Waals surface area contributed by atoms with Crippen LogP contribution in [0.5, 0.6) is 5.75 Å². The lowest BCUT2D eigenvalue weighted by Crippen LogP contribution is -2.52. The molecule has 7 heteroatoms. The standard InChI is InChI=1S/C16H14N2O5/c1-2-14(20)23-12-5-3-4-9-10(12)8-18(16(9)22)11-6-7-13(19)17-15(11)21/h2-5,11H,1,6-8H2,(H,17,19,21). The molecule has 2 heterocycles. The lowest BCUT2D eigenvalue weighted by atomic mass is 10.0. The van der Waals surface area contributed by atoms with Crippen molar-refractivity contribution in [3.05, 3.63) is 42.0 Å². The van der Waals surface area contributed by atoms with Gasteiger partial charge in [-0.25, -0.2) is 4.79 Å². The number of hydrogen-bond donors (Lipinski definition) is 1. The fourth-order valence-electron chi connectivity index (χ4n) is 2.80. The molecule has 2 aliphatic heterocycles. The molecule has 1 N–H and O–H groups in total. The van der Waals surface area contributed by atoms with Gasteiger partial charge < -0.3 is 9.64 Å². The number of fused-ring (bicyclic) bond motifs is 1. The van der Waals surface area contributed by atoms with E-state index >= 15 is 0 Å². The fraction of sp³-hybridized carbons (Fsp3) is 0.250. The molecule has 3 amide bonds. The van der Waals surface area contributed by atoms with Gasteiger partial charge in [-0.05, 0) is 18.6 Å². The predicted octanol–water partition coefficient (Wildman–Crippen LogP) is 0.539. The molecule has 118 valence electrons. The molecule has 1 atom stereocenters. The number of nitrogens with zero attached hydrogens (tertiary/aromatic N) is 1. The van der Waals surface area contributed by atoms with Gasteiger partial charge in [0.2, 0.25) is 11.8 Å². The smallest absolute Gasteiger partial charge is 0.335 e. The second-order valence-corrected chi connectivity index (χ2v) is 5.31. The maximum Gasteiger partial charge on any atom is 0.335 e. The van der Waals surface area contributed by atoms with E-state index in [2.05, 4.69) is 11.9 Å². The Labute approximate surface area is 131 Å². The zero-order valence-electron chi connectivity index (χ0n) is 12.2. The lowest BCUT2D eigenvalue weighted by Gasteiger charge is -2.29. The first kappa shape index (κ1) is 15.0. The number of amides is 3. The molecule has 7 nitrogen and oxygen atoms in total. The van der Waals surface area contributed by atoms with E-state index in [0.717, 1.165) is 6.08 Å². The fourth-order valence-corrected chi connectivity index (χ4v) is 2.80. The highest BCUT2D eigenvalue weighted by molar-refractivity contribution is 6.05. The number of rotatable bonds is 3. The second kappa shape index (κ2) is 5.68. The van der Waals surface area contributed by atoms with E-state index in [9.17, 15) is 19.2 Å². The SMILES string of the molecule is C=CC(=O)Oc1cccc2c1CN(C1CCC(=O)NC1=O)C2=O. The molecule has 0 radical (unpaired) electrons. The minimum Gasteiger partial charge on any atom is -0.423 e. The molecule has 0 aliphatic carbocycles. The zero-order chi connectivity index (χ0) is 16.6. The molecule has 1 fully saturated rings. The van der Waals surface area contributed by atoms with Crippen LogP contribution in [0.2, 0.25) is 0 Å². The van der Waals surface area contributed by atoms with Gasteiger partial charge in [0.15, 0.2) is 0 Å². The Hall–Kier alpha value is -2.96. The Balaban J connectivity index is 1.88. The first-order valence-corrected chi connectivity index (χ1v) is 7.12. The number of carbonyl (C=O) groups excluding carboxylic acids is 4. The van der Waals surface area contributed by atoms with Crippen molar-refractivity contribution in [1.29, 1.82) is 0 Å². The summed E-state index contributed by atoms with van der Waals surface area (Å²) >= 11 is 0. The van der Waals surface area contributed by atoms with Crippen LogP contribution in [0.1, 0.15) is 28.8 Å². The van der Waals surface area contributed by atoms with Crippen LogP contribution in [-0.4, -0.2) is 34.6 Å². The average molecular weight is 314 g/mol. The molecule has 0 spiro atoms. The van der Waals surface area contributed by atoms with E-state index in [0.29, 0.717) is 11.1 Å². The molecule has 23 heavy (non-hydrogen) atoms. The van der Waals surface area contributed by atoms with E-state index in [4.69, 9.17) is 4.74 Å². The van der Waals surface area contributed by atoms with E-state index in [1.54, 1.807) is 18.2 Å². The van der Waals surface area contributed by atoms with Crippen molar-refractivity contribution in [2.75, 3.05) is 0 Å². The predicted molar refractivity (Wildman–Crippen MR) is 78.3 cm³/mol. The number of carbonyl (C=O) groups is 4. The Morgan fingerprint density at radius 2 is 2.13 bits per heavy atom. The lowest BCUT2D eigenvalue weighted by molar-refractivity contribution is -0.137. The number of ether oxygens (including phenoxy) is 1. The van der Waals surface area contributed by atoms with Gasteiger partial charge in [-0.3, -0.25) is 19.7 Å². The summed E-state index contributed by atoms with van der Waals surface area (Å²) in [6, 6.07) is 4.11. The summed E-state index contributed by atoms with van der Waals surface area (Å²) < 4.78 is 5.14. The first-order chi connectivity index (χ1) is 11.0. The van der Waals surface area contributed by atoms with Crippen LogP contribution in [0.25, 0.3) is 0 Å². The monoisotopic (exact) mass is 314 g/mol. The largest absolute Gasteiger partial charge is 0.423 e. The Morgan fingerprint density at radius 1 is 1.35 bits per heavy atom. The van der Waals surface area contributed by atoms with Gasteiger partial charge in [0.25, 0.3) is 5.91 Å². The van der Waals surface area contributed by atoms with Crippen LogP contribution >= 0.6 is 0 Å². The summed E-state index contributed by atoms with van der Waals surface area (Å²) in [6.45, 7) is 3.49. The van der Waals surface area contributed by atoms with Crippen molar-refractivity contribution in [3.63, 3.8) is 0 Å². The summed E-state index contributed by atoms with van der Waals surface area (Å²) in [5.41, 5.74) is 0.946. The summed E-state index contributed by atoms with van der Waals surface area (Å²) in [5.74, 6) is -1.48. The highest BCUT2D eigenvalue weighted by atomic mass is 16.5. The third-order valence-electron chi connectivity index (χ3n) is 3.92. The van der Waals surface area contributed by atoms with Crippen molar-refractivity contribution in [3.8, 4) is 5.75 Å². The van der Waals surface area contributed by atoms with Crippen LogP contribution in [-0.2, 0) is 20.9 Å². The average Bonchev–Trinajstić information content (AvgIpc) is 2.86. The van der Waals surface area contributed by atoms with Crippen LogP contribution in [0.4, 0.5) is 0 Å². The van der Waals surface area contributed by atoms with Gasteiger partial charge in [-0.15, -0.1) is 0 Å². The van der Waals surface area contributed by atoms with Gasteiger partial charge in [0.05, 0.1) is 6.54 Å². The maximum atomic E-state index is 12.5. The maximum absolute atomic E-state index is 12.5. The van der Waals surface area contributed by atoms with Crippen molar-refractivity contribution >= 4 is 23.7 Å². The first-order valence-electron chi connectivity index (χ1n) is 7.12. The molecule has 0 aromatic heterocycles. The Bertz CT molecular complexity index is 740. The number of nitrogens with one attached hydrogen (secondary N) is 1. The number of benzene rings is 1. The molecule has 1 aromatic carbocycles. The number of hydrogen-bond acceptors (Lipinski definition) is 5. The molecule has 1 saturated heterocycles. The van der Waals surface area contributed by atoms with Crippen LogP contribution in [0.15, 0.2) is 30.9 Å².